The minimum atomic E-state index is -1.07. The van der Waals surface area contributed by atoms with Crippen molar-refractivity contribution in [3.8, 4) is 0 Å². The normalized spacial score (nSPS) is 19.9. The first-order chi connectivity index (χ1) is 14.6. The molecule has 1 aromatic carbocycles. The molecule has 0 aromatic heterocycles. The number of carbonyl (C=O) groups excluding carboxylic acids is 3. The van der Waals surface area contributed by atoms with Gasteiger partial charge in [0, 0.05) is 38.3 Å². The molecule has 2 heterocycles. The van der Waals surface area contributed by atoms with Gasteiger partial charge in [-0.2, -0.15) is 0 Å². The first-order valence-electron chi connectivity index (χ1n) is 10.6. The Kier molecular flexibility index (Phi) is 6.81. The Labute approximate surface area is 180 Å². The Morgan fingerprint density at radius 2 is 1.58 bits per heavy atom. The van der Waals surface area contributed by atoms with Gasteiger partial charge in [-0.3, -0.25) is 14.5 Å². The number of piperidine rings is 1. The highest BCUT2D eigenvalue weighted by Crippen LogP contribution is 2.23. The zero-order valence-corrected chi connectivity index (χ0v) is 18.2. The van der Waals surface area contributed by atoms with Crippen molar-refractivity contribution in [3.05, 3.63) is 35.4 Å². The van der Waals surface area contributed by atoms with Crippen LogP contribution in [0.25, 0.3) is 0 Å². The first kappa shape index (κ1) is 23.0. The first-order valence-corrected chi connectivity index (χ1v) is 10.6. The summed E-state index contributed by atoms with van der Waals surface area (Å²) in [5, 5.41) is 0. The molecule has 31 heavy (non-hydrogen) atoms. The van der Waals surface area contributed by atoms with Crippen LogP contribution >= 0.6 is 0 Å². The molecule has 2 aliphatic heterocycles. The molecular formula is C22H29F2N3O4. The molecule has 2 aliphatic rings. The maximum Gasteiger partial charge on any atom is 0.410 e. The van der Waals surface area contributed by atoms with Gasteiger partial charge in [-0.05, 0) is 58.2 Å². The van der Waals surface area contributed by atoms with E-state index in [4.69, 9.17) is 4.74 Å². The van der Waals surface area contributed by atoms with Gasteiger partial charge in [-0.1, -0.05) is 0 Å². The fourth-order valence-electron chi connectivity index (χ4n) is 3.88. The molecule has 0 spiro atoms. The number of halogens is 2. The Morgan fingerprint density at radius 3 is 2.19 bits per heavy atom. The number of likely N-dealkylation sites (tertiary alicyclic amines) is 1. The smallest absolute Gasteiger partial charge is 0.410 e. The molecule has 9 heteroatoms. The summed E-state index contributed by atoms with van der Waals surface area (Å²) >= 11 is 0. The van der Waals surface area contributed by atoms with E-state index in [1.54, 1.807) is 25.7 Å². The number of piperazine rings is 1. The van der Waals surface area contributed by atoms with Gasteiger partial charge in [-0.15, -0.1) is 0 Å². The molecule has 0 aliphatic carbocycles. The maximum absolute atomic E-state index is 13.4. The Balaban J connectivity index is 1.61. The average Bonchev–Trinajstić information content (AvgIpc) is 2.73. The van der Waals surface area contributed by atoms with E-state index in [0.29, 0.717) is 26.1 Å². The highest BCUT2D eigenvalue weighted by molar-refractivity contribution is 5.94. The van der Waals surface area contributed by atoms with Crippen molar-refractivity contribution in [3.63, 3.8) is 0 Å². The lowest BCUT2D eigenvalue weighted by Crippen LogP contribution is -2.58. The SMILES string of the molecule is CC(C)(C)OC(=O)N1CCCCC1C(=O)N1CCN(C(=O)c2ccc(F)c(F)c2)CC1. The van der Waals surface area contributed by atoms with Crippen LogP contribution in [0, 0.1) is 11.6 Å². The third-order valence-electron chi connectivity index (χ3n) is 5.46. The summed E-state index contributed by atoms with van der Waals surface area (Å²) in [6, 6.07) is 2.49. The Morgan fingerprint density at radius 1 is 0.935 bits per heavy atom. The lowest BCUT2D eigenvalue weighted by atomic mass is 10.0. The molecule has 170 valence electrons. The highest BCUT2D eigenvalue weighted by atomic mass is 19.2. The predicted molar refractivity (Wildman–Crippen MR) is 109 cm³/mol. The fourth-order valence-corrected chi connectivity index (χ4v) is 3.88. The lowest BCUT2D eigenvalue weighted by molar-refractivity contribution is -0.139. The van der Waals surface area contributed by atoms with E-state index in [1.807, 2.05) is 0 Å². The number of rotatable bonds is 2. The number of hydrogen-bond donors (Lipinski definition) is 0. The standard InChI is InChI=1S/C22H29F2N3O4/c1-22(2,3)31-21(30)27-9-5-4-6-18(27)20(29)26-12-10-25(11-13-26)19(28)15-7-8-16(23)17(24)14-15/h7-8,14,18H,4-6,9-13H2,1-3H3. The van der Waals surface area contributed by atoms with E-state index in [-0.39, 0.29) is 24.6 Å². The van der Waals surface area contributed by atoms with Crippen LogP contribution in [0.4, 0.5) is 13.6 Å². The Bertz CT molecular complexity index is 848. The molecule has 3 amide bonds. The maximum atomic E-state index is 13.4. The van der Waals surface area contributed by atoms with Crippen LogP contribution in [-0.2, 0) is 9.53 Å². The van der Waals surface area contributed by atoms with Crippen molar-refractivity contribution in [1.82, 2.24) is 14.7 Å². The number of nitrogens with zero attached hydrogens (tertiary/aromatic N) is 3. The second-order valence-corrected chi connectivity index (χ2v) is 8.93. The number of amides is 3. The molecule has 0 N–H and O–H groups in total. The zero-order valence-electron chi connectivity index (χ0n) is 18.2. The van der Waals surface area contributed by atoms with Crippen molar-refractivity contribution in [1.29, 1.82) is 0 Å². The van der Waals surface area contributed by atoms with Crippen molar-refractivity contribution in [2.45, 2.75) is 51.7 Å². The third-order valence-corrected chi connectivity index (χ3v) is 5.46. The van der Waals surface area contributed by atoms with Gasteiger partial charge in [0.1, 0.15) is 11.6 Å². The summed E-state index contributed by atoms with van der Waals surface area (Å²) in [4.78, 5) is 43.0. The molecule has 0 bridgehead atoms. The molecule has 1 unspecified atom stereocenters. The minimum absolute atomic E-state index is 0.0713. The second-order valence-electron chi connectivity index (χ2n) is 8.93. The summed E-state index contributed by atoms with van der Waals surface area (Å²) in [7, 11) is 0. The lowest BCUT2D eigenvalue weighted by Gasteiger charge is -2.41. The van der Waals surface area contributed by atoms with Crippen LogP contribution in [0.3, 0.4) is 0 Å². The van der Waals surface area contributed by atoms with Gasteiger partial charge in [0.15, 0.2) is 11.6 Å². The van der Waals surface area contributed by atoms with Crippen LogP contribution in [0.1, 0.15) is 50.4 Å². The molecular weight excluding hydrogens is 408 g/mol. The molecule has 1 atom stereocenters. The van der Waals surface area contributed by atoms with E-state index in [9.17, 15) is 23.2 Å². The third kappa shape index (κ3) is 5.51. The molecule has 2 fully saturated rings. The number of ether oxygens (including phenoxy) is 1. The van der Waals surface area contributed by atoms with Gasteiger partial charge < -0.3 is 14.5 Å². The summed E-state index contributed by atoms with van der Waals surface area (Å²) in [5.74, 6) is -2.63. The highest BCUT2D eigenvalue weighted by Gasteiger charge is 2.38. The van der Waals surface area contributed by atoms with Gasteiger partial charge in [0.2, 0.25) is 5.91 Å². The fraction of sp³-hybridized carbons (Fsp3) is 0.591. The van der Waals surface area contributed by atoms with Gasteiger partial charge >= 0.3 is 6.09 Å². The summed E-state index contributed by atoms with van der Waals surface area (Å²) in [6.07, 6.45) is 1.76. The zero-order chi connectivity index (χ0) is 22.8. The van der Waals surface area contributed by atoms with Crippen LogP contribution in [0.5, 0.6) is 0 Å². The van der Waals surface area contributed by atoms with Crippen LogP contribution < -0.4 is 0 Å². The van der Waals surface area contributed by atoms with Gasteiger partial charge in [0.05, 0.1) is 0 Å². The number of benzene rings is 1. The van der Waals surface area contributed by atoms with Crippen molar-refractivity contribution >= 4 is 17.9 Å². The quantitative estimate of drug-likeness (QED) is 0.713. The summed E-state index contributed by atoms with van der Waals surface area (Å²) < 4.78 is 32.0. The Hall–Kier alpha value is -2.71. The topological polar surface area (TPSA) is 70.2 Å². The molecule has 0 radical (unpaired) electrons. The van der Waals surface area contributed by atoms with E-state index in [0.717, 1.165) is 25.0 Å². The molecule has 0 saturated carbocycles. The summed E-state index contributed by atoms with van der Waals surface area (Å²) in [6.45, 7) is 7.02. The van der Waals surface area contributed by atoms with E-state index < -0.39 is 35.3 Å². The van der Waals surface area contributed by atoms with Crippen LogP contribution in [-0.4, -0.2) is 77.0 Å². The van der Waals surface area contributed by atoms with Crippen molar-refractivity contribution in [2.75, 3.05) is 32.7 Å². The van der Waals surface area contributed by atoms with E-state index >= 15 is 0 Å². The van der Waals surface area contributed by atoms with E-state index in [2.05, 4.69) is 0 Å². The molecule has 3 rings (SSSR count). The van der Waals surface area contributed by atoms with Gasteiger partial charge in [-0.25, -0.2) is 13.6 Å². The predicted octanol–water partition coefficient (Wildman–Crippen LogP) is 3.04. The number of carbonyl (C=O) groups is 3. The van der Waals surface area contributed by atoms with Gasteiger partial charge in [0.25, 0.3) is 5.91 Å². The van der Waals surface area contributed by atoms with Crippen LogP contribution in [0.2, 0.25) is 0 Å². The summed E-state index contributed by atoms with van der Waals surface area (Å²) in [5.41, 5.74) is -0.574. The minimum Gasteiger partial charge on any atom is -0.444 e. The van der Waals surface area contributed by atoms with Crippen LogP contribution in [0.15, 0.2) is 18.2 Å². The second kappa shape index (κ2) is 9.20. The van der Waals surface area contributed by atoms with E-state index in [1.165, 1.54) is 15.9 Å². The van der Waals surface area contributed by atoms with Crippen molar-refractivity contribution < 1.29 is 27.9 Å². The van der Waals surface area contributed by atoms with Crippen molar-refractivity contribution in [2.24, 2.45) is 0 Å². The molecule has 7 nitrogen and oxygen atoms in total. The average molecular weight is 437 g/mol. The molecule has 1 aromatic rings. The largest absolute Gasteiger partial charge is 0.444 e. The number of hydrogen-bond acceptors (Lipinski definition) is 4. The molecule has 2 saturated heterocycles. The monoisotopic (exact) mass is 437 g/mol.